The number of hydrogen-bond acceptors (Lipinski definition) is 5. The van der Waals surface area contributed by atoms with E-state index in [9.17, 15) is 4.79 Å². The summed E-state index contributed by atoms with van der Waals surface area (Å²) in [7, 11) is 1.82. The second-order valence-corrected chi connectivity index (χ2v) is 7.28. The van der Waals surface area contributed by atoms with Crippen LogP contribution in [0.25, 0.3) is 0 Å². The van der Waals surface area contributed by atoms with E-state index < -0.39 is 0 Å². The van der Waals surface area contributed by atoms with E-state index in [1.165, 1.54) is 55.0 Å². The molecule has 6 heteroatoms. The van der Waals surface area contributed by atoms with Crippen molar-refractivity contribution in [2.24, 2.45) is 0 Å². The normalized spacial score (nSPS) is 15.1. The molecule has 0 unspecified atom stereocenters. The highest BCUT2D eigenvalue weighted by Crippen LogP contribution is 2.24. The third-order valence-corrected chi connectivity index (χ3v) is 5.67. The number of rotatable bonds is 6. The van der Waals surface area contributed by atoms with E-state index in [0.717, 1.165) is 17.2 Å². The molecule has 1 aliphatic rings. The smallest absolute Gasteiger partial charge is 0.256 e. The Bertz CT molecular complexity index is 722. The molecule has 1 aromatic carbocycles. The molecule has 2 N–H and O–H groups in total. The van der Waals surface area contributed by atoms with E-state index in [1.54, 1.807) is 0 Å². The van der Waals surface area contributed by atoms with Crippen LogP contribution in [0, 0.1) is 6.92 Å². The third-order valence-electron chi connectivity index (χ3n) is 4.72. The second-order valence-electron chi connectivity index (χ2n) is 6.51. The molecule has 1 saturated heterocycles. The van der Waals surface area contributed by atoms with Crippen molar-refractivity contribution in [3.63, 3.8) is 0 Å². The van der Waals surface area contributed by atoms with Gasteiger partial charge >= 0.3 is 0 Å². The van der Waals surface area contributed by atoms with Crippen molar-refractivity contribution in [3.05, 3.63) is 46.6 Å². The Labute approximate surface area is 153 Å². The molecule has 0 spiro atoms. The van der Waals surface area contributed by atoms with Gasteiger partial charge in [-0.3, -0.25) is 9.69 Å². The van der Waals surface area contributed by atoms with E-state index in [0.29, 0.717) is 12.1 Å². The first-order valence-electron chi connectivity index (χ1n) is 8.90. The van der Waals surface area contributed by atoms with Crippen LogP contribution in [-0.4, -0.2) is 35.3 Å². The van der Waals surface area contributed by atoms with Crippen molar-refractivity contribution in [1.29, 1.82) is 0 Å². The molecule has 1 fully saturated rings. The lowest BCUT2D eigenvalue weighted by molar-refractivity contribution is 0.0951. The number of carbonyl (C=O) groups is 1. The number of nitrogens with one attached hydrogen (secondary N) is 2. The van der Waals surface area contributed by atoms with Gasteiger partial charge in [0.2, 0.25) is 0 Å². The summed E-state index contributed by atoms with van der Waals surface area (Å²) >= 11 is 1.32. The van der Waals surface area contributed by atoms with Gasteiger partial charge in [0.15, 0.2) is 0 Å². The molecule has 0 aliphatic carbocycles. The maximum absolute atomic E-state index is 12.6. The lowest BCUT2D eigenvalue weighted by Gasteiger charge is -2.27. The number of anilines is 1. The van der Waals surface area contributed by atoms with Crippen molar-refractivity contribution >= 4 is 22.4 Å². The Balaban J connectivity index is 1.66. The lowest BCUT2D eigenvalue weighted by atomic mass is 10.0. The predicted molar refractivity (Wildman–Crippen MR) is 103 cm³/mol. The molecule has 1 aliphatic heterocycles. The maximum atomic E-state index is 12.6. The molecule has 0 saturated carbocycles. The Hall–Kier alpha value is -1.92. The van der Waals surface area contributed by atoms with Gasteiger partial charge in [-0.15, -0.1) is 0 Å². The molecule has 0 bridgehead atoms. The van der Waals surface area contributed by atoms with E-state index in [4.69, 9.17) is 0 Å². The van der Waals surface area contributed by atoms with Gasteiger partial charge in [0.1, 0.15) is 5.00 Å². The number of aryl methyl sites for hydroxylation is 1. The second kappa shape index (κ2) is 8.45. The van der Waals surface area contributed by atoms with Gasteiger partial charge in [-0.05, 0) is 55.5 Å². The monoisotopic (exact) mass is 358 g/mol. The highest BCUT2D eigenvalue weighted by atomic mass is 32.1. The molecule has 3 rings (SSSR count). The van der Waals surface area contributed by atoms with Crippen molar-refractivity contribution in [2.45, 2.75) is 39.3 Å². The van der Waals surface area contributed by atoms with Crippen LogP contribution in [0.2, 0.25) is 0 Å². The van der Waals surface area contributed by atoms with Gasteiger partial charge in [0.05, 0.1) is 11.3 Å². The molecule has 2 heterocycles. The topological polar surface area (TPSA) is 57.3 Å². The number of nitrogens with zero attached hydrogens (tertiary/aromatic N) is 2. The summed E-state index contributed by atoms with van der Waals surface area (Å²) in [5, 5.41) is 6.93. The van der Waals surface area contributed by atoms with Crippen LogP contribution >= 0.6 is 11.5 Å². The van der Waals surface area contributed by atoms with Crippen molar-refractivity contribution in [2.75, 3.05) is 25.5 Å². The standard InChI is InChI=1S/C19H26N4OS/c1-14-17(19(20-2)25-22-14)18(24)21-12-15-8-4-5-9-16(15)13-23-10-6-3-7-11-23/h4-5,8-9,20H,3,6-7,10-13H2,1-2H3,(H,21,24). The first-order valence-corrected chi connectivity index (χ1v) is 9.67. The zero-order valence-corrected chi connectivity index (χ0v) is 15.8. The Morgan fingerprint density at radius 1 is 1.20 bits per heavy atom. The van der Waals surface area contributed by atoms with Gasteiger partial charge in [0, 0.05) is 20.1 Å². The van der Waals surface area contributed by atoms with E-state index in [1.807, 2.05) is 20.0 Å². The summed E-state index contributed by atoms with van der Waals surface area (Å²) in [6, 6.07) is 8.40. The highest BCUT2D eigenvalue weighted by molar-refractivity contribution is 7.10. The first kappa shape index (κ1) is 17.9. The van der Waals surface area contributed by atoms with Crippen molar-refractivity contribution in [1.82, 2.24) is 14.6 Å². The zero-order chi connectivity index (χ0) is 17.6. The number of benzene rings is 1. The Morgan fingerprint density at radius 2 is 1.92 bits per heavy atom. The summed E-state index contributed by atoms with van der Waals surface area (Å²) < 4.78 is 4.27. The van der Waals surface area contributed by atoms with Crippen LogP contribution in [0.3, 0.4) is 0 Å². The number of amides is 1. The van der Waals surface area contributed by atoms with Crippen LogP contribution in [0.5, 0.6) is 0 Å². The number of piperidine rings is 1. The molecular formula is C19H26N4OS. The molecule has 5 nitrogen and oxygen atoms in total. The van der Waals surface area contributed by atoms with Gasteiger partial charge in [-0.1, -0.05) is 30.7 Å². The average Bonchev–Trinajstić information content (AvgIpc) is 3.02. The summed E-state index contributed by atoms with van der Waals surface area (Å²) in [5.74, 6) is -0.0663. The van der Waals surface area contributed by atoms with Crippen LogP contribution in [0.4, 0.5) is 5.00 Å². The first-order chi connectivity index (χ1) is 12.2. The minimum atomic E-state index is -0.0663. The van der Waals surface area contributed by atoms with Crippen molar-refractivity contribution in [3.8, 4) is 0 Å². The quantitative estimate of drug-likeness (QED) is 0.831. The molecule has 134 valence electrons. The molecule has 1 amide bonds. The zero-order valence-electron chi connectivity index (χ0n) is 15.0. The average molecular weight is 359 g/mol. The SMILES string of the molecule is CNc1snc(C)c1C(=O)NCc1ccccc1CN1CCCCC1. The number of hydrogen-bond donors (Lipinski definition) is 2. The van der Waals surface area contributed by atoms with Crippen LogP contribution in [0.15, 0.2) is 24.3 Å². The van der Waals surface area contributed by atoms with Gasteiger partial charge in [-0.25, -0.2) is 0 Å². The summed E-state index contributed by atoms with van der Waals surface area (Å²) in [4.78, 5) is 15.1. The van der Waals surface area contributed by atoms with E-state index in [2.05, 4.69) is 38.1 Å². The Kier molecular flexibility index (Phi) is 6.04. The fourth-order valence-electron chi connectivity index (χ4n) is 3.31. The van der Waals surface area contributed by atoms with E-state index in [-0.39, 0.29) is 5.91 Å². The molecular weight excluding hydrogens is 332 g/mol. The summed E-state index contributed by atoms with van der Waals surface area (Å²) in [5.41, 5.74) is 3.92. The van der Waals surface area contributed by atoms with Gasteiger partial charge in [-0.2, -0.15) is 4.37 Å². The molecule has 0 atom stereocenters. The fraction of sp³-hybridized carbons (Fsp3) is 0.474. The fourth-order valence-corrected chi connectivity index (χ4v) is 4.06. The molecule has 0 radical (unpaired) electrons. The minimum Gasteiger partial charge on any atom is -0.378 e. The summed E-state index contributed by atoms with van der Waals surface area (Å²) in [6.07, 6.45) is 3.92. The van der Waals surface area contributed by atoms with Gasteiger partial charge in [0.25, 0.3) is 5.91 Å². The number of aromatic nitrogens is 1. The van der Waals surface area contributed by atoms with Gasteiger partial charge < -0.3 is 10.6 Å². The van der Waals surface area contributed by atoms with Crippen LogP contribution in [0.1, 0.15) is 46.4 Å². The number of carbonyl (C=O) groups excluding carboxylic acids is 1. The maximum Gasteiger partial charge on any atom is 0.256 e. The molecule has 1 aromatic heterocycles. The van der Waals surface area contributed by atoms with Crippen LogP contribution in [-0.2, 0) is 13.1 Å². The Morgan fingerprint density at radius 3 is 2.64 bits per heavy atom. The van der Waals surface area contributed by atoms with Crippen LogP contribution < -0.4 is 10.6 Å². The lowest BCUT2D eigenvalue weighted by Crippen LogP contribution is -2.30. The summed E-state index contributed by atoms with van der Waals surface area (Å²) in [6.45, 7) is 5.72. The highest BCUT2D eigenvalue weighted by Gasteiger charge is 2.18. The van der Waals surface area contributed by atoms with E-state index >= 15 is 0 Å². The molecule has 2 aromatic rings. The largest absolute Gasteiger partial charge is 0.378 e. The predicted octanol–water partition coefficient (Wildman–Crippen LogP) is 3.41. The minimum absolute atomic E-state index is 0.0663. The molecule has 25 heavy (non-hydrogen) atoms. The van der Waals surface area contributed by atoms with Crippen molar-refractivity contribution < 1.29 is 4.79 Å². The third kappa shape index (κ3) is 4.38. The number of likely N-dealkylation sites (tertiary alicyclic amines) is 1.